The topological polar surface area (TPSA) is 84.7 Å². The predicted octanol–water partition coefficient (Wildman–Crippen LogP) is 1.78. The van der Waals surface area contributed by atoms with Crippen LogP contribution in [-0.2, 0) is 4.79 Å². The Labute approximate surface area is 157 Å². The normalized spacial score (nSPS) is 16.8. The van der Waals surface area contributed by atoms with E-state index >= 15 is 0 Å². The fourth-order valence-corrected chi connectivity index (χ4v) is 3.12. The van der Waals surface area contributed by atoms with Gasteiger partial charge in [0.2, 0.25) is 5.91 Å². The molecule has 0 aromatic heterocycles. The van der Waals surface area contributed by atoms with Gasteiger partial charge in [-0.05, 0) is 36.8 Å². The van der Waals surface area contributed by atoms with Crippen molar-refractivity contribution in [3.63, 3.8) is 0 Å². The Morgan fingerprint density at radius 2 is 2.04 bits per heavy atom. The summed E-state index contributed by atoms with van der Waals surface area (Å²) < 4.78 is 18.9. The van der Waals surface area contributed by atoms with Gasteiger partial charge in [0.25, 0.3) is 5.91 Å². The van der Waals surface area contributed by atoms with Gasteiger partial charge in [-0.15, -0.1) is 0 Å². The summed E-state index contributed by atoms with van der Waals surface area (Å²) in [4.78, 5) is 27.3. The predicted molar refractivity (Wildman–Crippen MR) is 98.9 cm³/mol. The molecular formula is C20H22FN3O3. The Bertz CT molecular complexity index is 839. The summed E-state index contributed by atoms with van der Waals surface area (Å²) >= 11 is 0. The van der Waals surface area contributed by atoms with Crippen molar-refractivity contribution in [2.24, 2.45) is 5.73 Å². The number of amides is 2. The van der Waals surface area contributed by atoms with E-state index in [0.717, 1.165) is 5.56 Å². The molecule has 7 heteroatoms. The third-order valence-corrected chi connectivity index (χ3v) is 4.40. The van der Waals surface area contributed by atoms with Crippen LogP contribution in [0.3, 0.4) is 0 Å². The molecule has 1 atom stereocenters. The van der Waals surface area contributed by atoms with E-state index in [-0.39, 0.29) is 18.4 Å². The first-order valence-electron chi connectivity index (χ1n) is 8.79. The highest BCUT2D eigenvalue weighted by molar-refractivity contribution is 6.00. The molecule has 0 unspecified atom stereocenters. The number of nitrogens with two attached hydrogens (primary N) is 1. The summed E-state index contributed by atoms with van der Waals surface area (Å²) in [5.41, 5.74) is 7.34. The number of rotatable bonds is 5. The molecule has 1 fully saturated rings. The minimum absolute atomic E-state index is 0.283. The lowest BCUT2D eigenvalue weighted by atomic mass is 10.0. The van der Waals surface area contributed by atoms with Crippen LogP contribution in [0.4, 0.5) is 4.39 Å². The molecular weight excluding hydrogens is 349 g/mol. The number of carbonyl (C=O) groups is 2. The van der Waals surface area contributed by atoms with E-state index in [9.17, 15) is 14.0 Å². The van der Waals surface area contributed by atoms with Gasteiger partial charge in [0, 0.05) is 19.6 Å². The van der Waals surface area contributed by atoms with Crippen LogP contribution in [0.2, 0.25) is 0 Å². The fourth-order valence-electron chi connectivity index (χ4n) is 3.12. The standard InChI is InChI=1S/C20H22FN3O3/c1-13-2-7-17(27-11-8-22)16(12-13)20(26)24-10-9-23-19(25)18(24)14-3-5-15(21)6-4-14/h2-7,12,18H,8-11,22H2,1H3,(H,23,25)/t18-/m0/s1. The largest absolute Gasteiger partial charge is 0.491 e. The summed E-state index contributed by atoms with van der Waals surface area (Å²) in [5.74, 6) is -0.572. The first-order valence-corrected chi connectivity index (χ1v) is 8.79. The average Bonchev–Trinajstić information content (AvgIpc) is 2.67. The van der Waals surface area contributed by atoms with Crippen LogP contribution in [0, 0.1) is 12.7 Å². The van der Waals surface area contributed by atoms with Gasteiger partial charge in [0.15, 0.2) is 0 Å². The molecule has 142 valence electrons. The molecule has 1 aliphatic rings. The summed E-state index contributed by atoms with van der Waals surface area (Å²) in [6, 6.07) is 10.1. The zero-order valence-corrected chi connectivity index (χ0v) is 15.1. The van der Waals surface area contributed by atoms with Crippen LogP contribution in [0.5, 0.6) is 5.75 Å². The van der Waals surface area contributed by atoms with Crippen molar-refractivity contribution in [3.8, 4) is 5.75 Å². The van der Waals surface area contributed by atoms with Crippen LogP contribution in [0.1, 0.15) is 27.5 Å². The van der Waals surface area contributed by atoms with Gasteiger partial charge >= 0.3 is 0 Å². The van der Waals surface area contributed by atoms with Crippen LogP contribution in [0.25, 0.3) is 0 Å². The highest BCUT2D eigenvalue weighted by Gasteiger charge is 2.35. The lowest BCUT2D eigenvalue weighted by molar-refractivity contribution is -0.128. The van der Waals surface area contributed by atoms with Crippen LogP contribution in [-0.4, -0.2) is 43.0 Å². The third-order valence-electron chi connectivity index (χ3n) is 4.40. The second-order valence-electron chi connectivity index (χ2n) is 6.38. The Morgan fingerprint density at radius 3 is 2.74 bits per heavy atom. The van der Waals surface area contributed by atoms with Crippen molar-refractivity contribution in [2.75, 3.05) is 26.2 Å². The molecule has 2 aromatic carbocycles. The van der Waals surface area contributed by atoms with Crippen LogP contribution >= 0.6 is 0 Å². The molecule has 1 aliphatic heterocycles. The average molecular weight is 371 g/mol. The molecule has 2 amide bonds. The van der Waals surface area contributed by atoms with Crippen LogP contribution in [0.15, 0.2) is 42.5 Å². The highest BCUT2D eigenvalue weighted by Crippen LogP contribution is 2.29. The molecule has 0 radical (unpaired) electrons. The molecule has 6 nitrogen and oxygen atoms in total. The number of carbonyl (C=O) groups excluding carboxylic acids is 2. The number of aryl methyl sites for hydroxylation is 1. The minimum Gasteiger partial charge on any atom is -0.491 e. The van der Waals surface area contributed by atoms with E-state index in [0.29, 0.717) is 36.5 Å². The molecule has 0 aliphatic carbocycles. The van der Waals surface area contributed by atoms with Gasteiger partial charge in [-0.25, -0.2) is 4.39 Å². The highest BCUT2D eigenvalue weighted by atomic mass is 19.1. The number of piperazine rings is 1. The second kappa shape index (κ2) is 8.18. The maximum atomic E-state index is 13.3. The maximum absolute atomic E-state index is 13.3. The zero-order chi connectivity index (χ0) is 19.4. The van der Waals surface area contributed by atoms with Crippen molar-refractivity contribution < 1.29 is 18.7 Å². The van der Waals surface area contributed by atoms with Gasteiger partial charge in [-0.2, -0.15) is 0 Å². The SMILES string of the molecule is Cc1ccc(OCCN)c(C(=O)N2CCNC(=O)[C@@H]2c2ccc(F)cc2)c1. The Morgan fingerprint density at radius 1 is 1.30 bits per heavy atom. The summed E-state index contributed by atoms with van der Waals surface area (Å²) in [6.45, 7) is 3.19. The van der Waals surface area contributed by atoms with Crippen molar-refractivity contribution in [1.82, 2.24) is 10.2 Å². The van der Waals surface area contributed by atoms with E-state index in [1.165, 1.54) is 29.2 Å². The summed E-state index contributed by atoms with van der Waals surface area (Å²) in [6.07, 6.45) is 0. The van der Waals surface area contributed by atoms with E-state index in [4.69, 9.17) is 10.5 Å². The Hall–Kier alpha value is -2.93. The fraction of sp³-hybridized carbons (Fsp3) is 0.300. The Kier molecular flexibility index (Phi) is 5.71. The number of hydrogen-bond acceptors (Lipinski definition) is 4. The summed E-state index contributed by atoms with van der Waals surface area (Å²) in [5, 5.41) is 2.77. The lowest BCUT2D eigenvalue weighted by Gasteiger charge is -2.35. The van der Waals surface area contributed by atoms with E-state index < -0.39 is 11.9 Å². The smallest absolute Gasteiger partial charge is 0.258 e. The number of hydrogen-bond donors (Lipinski definition) is 2. The number of nitrogens with zero attached hydrogens (tertiary/aromatic N) is 1. The first-order chi connectivity index (χ1) is 13.0. The monoisotopic (exact) mass is 371 g/mol. The molecule has 2 aromatic rings. The molecule has 3 N–H and O–H groups in total. The Balaban J connectivity index is 1.97. The van der Waals surface area contributed by atoms with Gasteiger partial charge in [-0.1, -0.05) is 23.8 Å². The van der Waals surface area contributed by atoms with Gasteiger partial charge < -0.3 is 20.7 Å². The zero-order valence-electron chi connectivity index (χ0n) is 15.1. The molecule has 0 spiro atoms. The van der Waals surface area contributed by atoms with Crippen molar-refractivity contribution in [2.45, 2.75) is 13.0 Å². The molecule has 1 heterocycles. The molecule has 3 rings (SSSR count). The van der Waals surface area contributed by atoms with Crippen molar-refractivity contribution in [1.29, 1.82) is 0 Å². The van der Waals surface area contributed by atoms with E-state index in [1.54, 1.807) is 12.1 Å². The van der Waals surface area contributed by atoms with Gasteiger partial charge in [0.1, 0.15) is 24.2 Å². The second-order valence-corrected chi connectivity index (χ2v) is 6.38. The van der Waals surface area contributed by atoms with Crippen molar-refractivity contribution >= 4 is 11.8 Å². The maximum Gasteiger partial charge on any atom is 0.258 e. The minimum atomic E-state index is -0.824. The van der Waals surface area contributed by atoms with Crippen LogP contribution < -0.4 is 15.8 Å². The van der Waals surface area contributed by atoms with E-state index in [1.807, 2.05) is 13.0 Å². The first kappa shape index (κ1) is 18.8. The third kappa shape index (κ3) is 4.09. The molecule has 27 heavy (non-hydrogen) atoms. The van der Waals surface area contributed by atoms with Crippen molar-refractivity contribution in [3.05, 3.63) is 65.0 Å². The molecule has 0 saturated carbocycles. The van der Waals surface area contributed by atoms with E-state index in [2.05, 4.69) is 5.32 Å². The van der Waals surface area contributed by atoms with Gasteiger partial charge in [0.05, 0.1) is 5.56 Å². The lowest BCUT2D eigenvalue weighted by Crippen LogP contribution is -2.52. The number of ether oxygens (including phenoxy) is 1. The number of benzene rings is 2. The number of nitrogens with one attached hydrogen (secondary N) is 1. The quantitative estimate of drug-likeness (QED) is 0.839. The summed E-state index contributed by atoms with van der Waals surface area (Å²) in [7, 11) is 0. The van der Waals surface area contributed by atoms with Gasteiger partial charge in [-0.3, -0.25) is 9.59 Å². The molecule has 0 bridgehead atoms. The number of halogens is 1. The molecule has 1 saturated heterocycles.